The average Bonchev–Trinajstić information content (AvgIpc) is 3.55. The number of amides is 1. The van der Waals surface area contributed by atoms with E-state index >= 15 is 0 Å². The molecule has 0 spiro atoms. The van der Waals surface area contributed by atoms with Gasteiger partial charge in [0.15, 0.2) is 5.13 Å². The standard InChI is InChI=1S/C27H33ClN4O4S2/c1-19-17-20(2)25-24(18-19)37-27(29-25)31(11-4-10-30-13-15-36-16-14-30)26(33)23-5-3-12-32(23)38(34,35)22-8-6-21(28)7-9-22/h6-9,17-18,23H,3-5,10-16H2,1-2H3. The van der Waals surface area contributed by atoms with Crippen molar-refractivity contribution in [1.29, 1.82) is 0 Å². The molecule has 2 aromatic carbocycles. The fourth-order valence-electron chi connectivity index (χ4n) is 5.25. The molecule has 2 aliphatic rings. The summed E-state index contributed by atoms with van der Waals surface area (Å²) in [5.74, 6) is -0.213. The molecular weight excluding hydrogens is 544 g/mol. The molecule has 1 amide bonds. The minimum Gasteiger partial charge on any atom is -0.379 e. The average molecular weight is 577 g/mol. The second-order valence-electron chi connectivity index (χ2n) is 9.95. The maximum Gasteiger partial charge on any atom is 0.247 e. The van der Waals surface area contributed by atoms with E-state index in [1.165, 1.54) is 27.8 Å². The van der Waals surface area contributed by atoms with Crippen LogP contribution in [0, 0.1) is 13.8 Å². The normalized spacial score (nSPS) is 19.3. The number of hydrogen-bond acceptors (Lipinski definition) is 7. The number of morpholine rings is 1. The van der Waals surface area contributed by atoms with Crippen LogP contribution in [0.15, 0.2) is 41.3 Å². The summed E-state index contributed by atoms with van der Waals surface area (Å²) < 4.78 is 34.9. The van der Waals surface area contributed by atoms with Crippen LogP contribution in [0.5, 0.6) is 0 Å². The number of carbonyl (C=O) groups excluding carboxylic acids is 1. The van der Waals surface area contributed by atoms with Crippen LogP contribution in [0.2, 0.25) is 5.02 Å². The van der Waals surface area contributed by atoms with Crippen LogP contribution in [0.1, 0.15) is 30.4 Å². The first kappa shape index (κ1) is 27.5. The van der Waals surface area contributed by atoms with Crippen LogP contribution in [0.4, 0.5) is 5.13 Å². The molecule has 2 saturated heterocycles. The summed E-state index contributed by atoms with van der Waals surface area (Å²) in [6.45, 7) is 8.90. The zero-order valence-electron chi connectivity index (χ0n) is 21.7. The zero-order chi connectivity index (χ0) is 26.9. The molecular formula is C27H33ClN4O4S2. The van der Waals surface area contributed by atoms with Gasteiger partial charge >= 0.3 is 0 Å². The first-order valence-corrected chi connectivity index (χ1v) is 15.6. The highest BCUT2D eigenvalue weighted by molar-refractivity contribution is 7.89. The van der Waals surface area contributed by atoms with Gasteiger partial charge in [0.05, 0.1) is 28.3 Å². The van der Waals surface area contributed by atoms with Crippen LogP contribution in [-0.2, 0) is 19.6 Å². The van der Waals surface area contributed by atoms with E-state index in [0.29, 0.717) is 36.1 Å². The number of nitrogens with zero attached hydrogens (tertiary/aromatic N) is 4. The van der Waals surface area contributed by atoms with Crippen molar-refractivity contribution < 1.29 is 17.9 Å². The lowest BCUT2D eigenvalue weighted by Crippen LogP contribution is -2.48. The summed E-state index contributed by atoms with van der Waals surface area (Å²) in [5.41, 5.74) is 3.10. The Morgan fingerprint density at radius 3 is 2.63 bits per heavy atom. The molecule has 2 fully saturated rings. The molecule has 38 heavy (non-hydrogen) atoms. The summed E-state index contributed by atoms with van der Waals surface area (Å²) in [6.07, 6.45) is 1.87. The quantitative estimate of drug-likeness (QED) is 0.393. The number of ether oxygens (including phenoxy) is 1. The Balaban J connectivity index is 1.43. The van der Waals surface area contributed by atoms with Gasteiger partial charge in [-0.05, 0) is 74.6 Å². The molecule has 0 bridgehead atoms. The number of rotatable bonds is 8. The molecule has 0 radical (unpaired) electrons. The molecule has 1 aromatic heterocycles. The Hall–Kier alpha value is -2.08. The number of benzene rings is 2. The molecule has 0 N–H and O–H groups in total. The van der Waals surface area contributed by atoms with E-state index in [4.69, 9.17) is 21.3 Å². The minimum absolute atomic E-state index is 0.145. The molecule has 5 rings (SSSR count). The predicted octanol–water partition coefficient (Wildman–Crippen LogP) is 4.48. The van der Waals surface area contributed by atoms with Crippen molar-refractivity contribution in [3.63, 3.8) is 0 Å². The van der Waals surface area contributed by atoms with Gasteiger partial charge in [0, 0.05) is 37.7 Å². The molecule has 0 aliphatic carbocycles. The van der Waals surface area contributed by atoms with Crippen molar-refractivity contribution in [2.24, 2.45) is 0 Å². The number of thiazole rings is 1. The van der Waals surface area contributed by atoms with Crippen LogP contribution in [0.3, 0.4) is 0 Å². The molecule has 0 saturated carbocycles. The van der Waals surface area contributed by atoms with Gasteiger partial charge in [0.2, 0.25) is 15.9 Å². The van der Waals surface area contributed by atoms with E-state index in [1.54, 1.807) is 17.0 Å². The topological polar surface area (TPSA) is 83.1 Å². The van der Waals surface area contributed by atoms with Gasteiger partial charge in [-0.1, -0.05) is 29.0 Å². The highest BCUT2D eigenvalue weighted by atomic mass is 35.5. The number of sulfonamides is 1. The molecule has 204 valence electrons. The van der Waals surface area contributed by atoms with Gasteiger partial charge in [-0.15, -0.1) is 0 Å². The number of halogens is 1. The first-order valence-electron chi connectivity index (χ1n) is 13.0. The van der Waals surface area contributed by atoms with E-state index in [9.17, 15) is 13.2 Å². The summed E-state index contributed by atoms with van der Waals surface area (Å²) in [7, 11) is -3.85. The maximum absolute atomic E-state index is 14.1. The fourth-order valence-corrected chi connectivity index (χ4v) is 8.20. The summed E-state index contributed by atoms with van der Waals surface area (Å²) in [5, 5.41) is 1.09. The van der Waals surface area contributed by atoms with Crippen molar-refractivity contribution in [3.05, 3.63) is 52.5 Å². The molecule has 2 aliphatic heterocycles. The lowest BCUT2D eigenvalue weighted by atomic mass is 10.1. The molecule has 8 nitrogen and oxygen atoms in total. The van der Waals surface area contributed by atoms with Crippen LogP contribution in [-0.4, -0.2) is 80.5 Å². The predicted molar refractivity (Wildman–Crippen MR) is 152 cm³/mol. The van der Waals surface area contributed by atoms with Gasteiger partial charge in [0.1, 0.15) is 6.04 Å². The lowest BCUT2D eigenvalue weighted by Gasteiger charge is -2.30. The Morgan fingerprint density at radius 2 is 1.89 bits per heavy atom. The molecule has 3 aromatic rings. The van der Waals surface area contributed by atoms with Crippen LogP contribution >= 0.6 is 22.9 Å². The lowest BCUT2D eigenvalue weighted by molar-refractivity contribution is -0.121. The fraction of sp³-hybridized carbons (Fsp3) is 0.481. The van der Waals surface area contributed by atoms with E-state index < -0.39 is 16.1 Å². The van der Waals surface area contributed by atoms with E-state index in [2.05, 4.69) is 24.0 Å². The first-order chi connectivity index (χ1) is 18.2. The van der Waals surface area contributed by atoms with Crippen LogP contribution in [0.25, 0.3) is 10.2 Å². The largest absolute Gasteiger partial charge is 0.379 e. The number of hydrogen-bond donors (Lipinski definition) is 0. The molecule has 1 atom stereocenters. The number of aryl methyl sites for hydroxylation is 2. The Bertz CT molecular complexity index is 1400. The summed E-state index contributed by atoms with van der Waals surface area (Å²) in [6, 6.07) is 9.52. The van der Waals surface area contributed by atoms with Crippen molar-refractivity contribution in [1.82, 2.24) is 14.2 Å². The Morgan fingerprint density at radius 1 is 1.16 bits per heavy atom. The number of aromatic nitrogens is 1. The Labute approximate surface area is 233 Å². The highest BCUT2D eigenvalue weighted by Gasteiger charge is 2.42. The third-order valence-corrected chi connectivity index (χ3v) is 10.4. The van der Waals surface area contributed by atoms with Crippen molar-refractivity contribution in [2.75, 3.05) is 50.8 Å². The number of carbonyl (C=O) groups is 1. The van der Waals surface area contributed by atoms with Gasteiger partial charge in [-0.3, -0.25) is 14.6 Å². The monoisotopic (exact) mass is 576 g/mol. The second kappa shape index (κ2) is 11.6. The summed E-state index contributed by atoms with van der Waals surface area (Å²) in [4.78, 5) is 23.2. The van der Waals surface area contributed by atoms with Gasteiger partial charge < -0.3 is 4.74 Å². The van der Waals surface area contributed by atoms with Gasteiger partial charge in [-0.25, -0.2) is 13.4 Å². The number of fused-ring (bicyclic) bond motifs is 1. The third kappa shape index (κ3) is 5.76. The summed E-state index contributed by atoms with van der Waals surface area (Å²) >= 11 is 7.47. The number of anilines is 1. The van der Waals surface area contributed by atoms with Crippen LogP contribution < -0.4 is 4.90 Å². The third-order valence-electron chi connectivity index (χ3n) is 7.18. The molecule has 11 heteroatoms. The minimum atomic E-state index is -3.85. The highest BCUT2D eigenvalue weighted by Crippen LogP contribution is 2.34. The Kier molecular flexibility index (Phi) is 8.37. The zero-order valence-corrected chi connectivity index (χ0v) is 24.1. The van der Waals surface area contributed by atoms with Crippen molar-refractivity contribution >= 4 is 54.2 Å². The van der Waals surface area contributed by atoms with E-state index in [0.717, 1.165) is 60.6 Å². The SMILES string of the molecule is Cc1cc(C)c2nc(N(CCCN3CCOCC3)C(=O)C3CCCN3S(=O)(=O)c3ccc(Cl)cc3)sc2c1. The van der Waals surface area contributed by atoms with Gasteiger partial charge in [0.25, 0.3) is 0 Å². The van der Waals surface area contributed by atoms with Crippen molar-refractivity contribution in [3.8, 4) is 0 Å². The maximum atomic E-state index is 14.1. The molecule has 3 heterocycles. The smallest absolute Gasteiger partial charge is 0.247 e. The molecule has 1 unspecified atom stereocenters. The second-order valence-corrected chi connectivity index (χ2v) is 13.3. The van der Waals surface area contributed by atoms with Crippen molar-refractivity contribution in [2.45, 2.75) is 44.0 Å². The van der Waals surface area contributed by atoms with E-state index in [1.807, 2.05) is 6.92 Å². The van der Waals surface area contributed by atoms with E-state index in [-0.39, 0.29) is 10.8 Å². The van der Waals surface area contributed by atoms with Gasteiger partial charge in [-0.2, -0.15) is 4.31 Å².